The zero-order chi connectivity index (χ0) is 17.7. The number of nitrogens with one attached hydrogen (secondary N) is 1. The fourth-order valence-corrected chi connectivity index (χ4v) is 2.17. The standard InChI is InChI=1S/C16H15ClN2O5/c1-22-12-7-10(16(21)24-3)11(8-13(12)23-2)19-15(20)9-4-5-18-14(17)6-9/h4-8H,1-3H3,(H,19,20). The van der Waals surface area contributed by atoms with Crippen LogP contribution in [0.4, 0.5) is 5.69 Å². The van der Waals surface area contributed by atoms with Gasteiger partial charge in [-0.1, -0.05) is 11.6 Å². The Morgan fingerprint density at radius 3 is 2.33 bits per heavy atom. The molecule has 126 valence electrons. The summed E-state index contributed by atoms with van der Waals surface area (Å²) >= 11 is 5.78. The van der Waals surface area contributed by atoms with E-state index in [2.05, 4.69) is 10.3 Å². The van der Waals surface area contributed by atoms with Crippen LogP contribution in [0.3, 0.4) is 0 Å². The van der Waals surface area contributed by atoms with E-state index in [0.29, 0.717) is 17.1 Å². The molecule has 0 aliphatic heterocycles. The van der Waals surface area contributed by atoms with Crippen LogP contribution < -0.4 is 14.8 Å². The third-order valence-corrected chi connectivity index (χ3v) is 3.37. The van der Waals surface area contributed by atoms with Crippen molar-refractivity contribution in [1.29, 1.82) is 0 Å². The van der Waals surface area contributed by atoms with Crippen LogP contribution in [0, 0.1) is 0 Å². The first-order chi connectivity index (χ1) is 11.5. The van der Waals surface area contributed by atoms with Crippen LogP contribution in [-0.4, -0.2) is 38.2 Å². The number of pyridine rings is 1. The van der Waals surface area contributed by atoms with E-state index < -0.39 is 11.9 Å². The van der Waals surface area contributed by atoms with Gasteiger partial charge in [0.2, 0.25) is 0 Å². The molecule has 1 heterocycles. The third-order valence-electron chi connectivity index (χ3n) is 3.17. The molecule has 0 bridgehead atoms. The summed E-state index contributed by atoms with van der Waals surface area (Å²) in [5, 5.41) is 2.82. The van der Waals surface area contributed by atoms with Crippen LogP contribution in [0.2, 0.25) is 5.15 Å². The molecule has 0 atom stereocenters. The van der Waals surface area contributed by atoms with Gasteiger partial charge in [0.25, 0.3) is 5.91 Å². The summed E-state index contributed by atoms with van der Waals surface area (Å²) < 4.78 is 15.1. The number of halogens is 1. The van der Waals surface area contributed by atoms with Crippen molar-refractivity contribution in [1.82, 2.24) is 4.98 Å². The molecule has 1 aromatic carbocycles. The van der Waals surface area contributed by atoms with Gasteiger partial charge in [-0.05, 0) is 12.1 Å². The zero-order valence-corrected chi connectivity index (χ0v) is 14.0. The van der Waals surface area contributed by atoms with Gasteiger partial charge in [0.05, 0.1) is 32.6 Å². The Labute approximate surface area is 143 Å². The van der Waals surface area contributed by atoms with Crippen molar-refractivity contribution in [2.24, 2.45) is 0 Å². The van der Waals surface area contributed by atoms with Gasteiger partial charge in [-0.25, -0.2) is 9.78 Å². The van der Waals surface area contributed by atoms with Gasteiger partial charge in [-0.3, -0.25) is 4.79 Å². The molecule has 0 spiro atoms. The summed E-state index contributed by atoms with van der Waals surface area (Å²) in [6.45, 7) is 0. The van der Waals surface area contributed by atoms with E-state index in [1.165, 1.54) is 51.8 Å². The number of carbonyl (C=O) groups is 2. The maximum Gasteiger partial charge on any atom is 0.340 e. The molecule has 0 saturated heterocycles. The fraction of sp³-hybridized carbons (Fsp3) is 0.188. The van der Waals surface area contributed by atoms with Crippen molar-refractivity contribution in [2.45, 2.75) is 0 Å². The van der Waals surface area contributed by atoms with E-state index in [4.69, 9.17) is 25.8 Å². The van der Waals surface area contributed by atoms with E-state index in [9.17, 15) is 9.59 Å². The SMILES string of the molecule is COC(=O)c1cc(OC)c(OC)cc1NC(=O)c1ccnc(Cl)c1. The van der Waals surface area contributed by atoms with Crippen LogP contribution in [-0.2, 0) is 4.74 Å². The molecular weight excluding hydrogens is 336 g/mol. The Bertz CT molecular complexity index is 779. The number of aromatic nitrogens is 1. The highest BCUT2D eigenvalue weighted by Crippen LogP contribution is 2.34. The predicted molar refractivity (Wildman–Crippen MR) is 88.1 cm³/mol. The van der Waals surface area contributed by atoms with Crippen LogP contribution in [0.25, 0.3) is 0 Å². The van der Waals surface area contributed by atoms with Crippen molar-refractivity contribution in [3.63, 3.8) is 0 Å². The lowest BCUT2D eigenvalue weighted by molar-refractivity contribution is 0.0601. The number of carbonyl (C=O) groups excluding carboxylic acids is 2. The van der Waals surface area contributed by atoms with Crippen molar-refractivity contribution in [3.8, 4) is 11.5 Å². The van der Waals surface area contributed by atoms with E-state index in [-0.39, 0.29) is 16.4 Å². The van der Waals surface area contributed by atoms with Gasteiger partial charge >= 0.3 is 5.97 Å². The monoisotopic (exact) mass is 350 g/mol. The second-order valence-electron chi connectivity index (χ2n) is 4.57. The molecule has 0 unspecified atom stereocenters. The van der Waals surface area contributed by atoms with E-state index in [0.717, 1.165) is 0 Å². The van der Waals surface area contributed by atoms with Gasteiger partial charge in [0.15, 0.2) is 11.5 Å². The van der Waals surface area contributed by atoms with Crippen molar-refractivity contribution >= 4 is 29.2 Å². The Morgan fingerprint density at radius 2 is 1.75 bits per heavy atom. The van der Waals surface area contributed by atoms with Gasteiger partial charge in [0.1, 0.15) is 5.15 Å². The van der Waals surface area contributed by atoms with E-state index in [1.807, 2.05) is 0 Å². The summed E-state index contributed by atoms with van der Waals surface area (Å²) in [6, 6.07) is 5.82. The maximum atomic E-state index is 12.4. The van der Waals surface area contributed by atoms with Gasteiger partial charge in [-0.15, -0.1) is 0 Å². The van der Waals surface area contributed by atoms with Gasteiger partial charge < -0.3 is 19.5 Å². The molecule has 0 aliphatic carbocycles. The number of hydrogen-bond acceptors (Lipinski definition) is 6. The Hall–Kier alpha value is -2.80. The predicted octanol–water partition coefficient (Wildman–Crippen LogP) is 2.79. The van der Waals surface area contributed by atoms with E-state index in [1.54, 1.807) is 0 Å². The molecule has 2 rings (SSSR count). The first-order valence-corrected chi connectivity index (χ1v) is 7.15. The normalized spacial score (nSPS) is 10.0. The number of anilines is 1. The van der Waals surface area contributed by atoms with Crippen LogP contribution in [0.5, 0.6) is 11.5 Å². The van der Waals surface area contributed by atoms with Gasteiger partial charge in [-0.2, -0.15) is 0 Å². The second kappa shape index (κ2) is 7.65. The average molecular weight is 351 g/mol. The van der Waals surface area contributed by atoms with Crippen LogP contribution >= 0.6 is 11.6 Å². The quantitative estimate of drug-likeness (QED) is 0.659. The smallest absolute Gasteiger partial charge is 0.340 e. The number of benzene rings is 1. The molecule has 1 aromatic heterocycles. The minimum absolute atomic E-state index is 0.128. The molecule has 0 fully saturated rings. The highest BCUT2D eigenvalue weighted by Gasteiger charge is 2.19. The molecular formula is C16H15ClN2O5. The largest absolute Gasteiger partial charge is 0.493 e. The Balaban J connectivity index is 2.43. The molecule has 2 aromatic rings. The lowest BCUT2D eigenvalue weighted by Gasteiger charge is -2.14. The highest BCUT2D eigenvalue weighted by atomic mass is 35.5. The molecule has 8 heteroatoms. The van der Waals surface area contributed by atoms with Crippen molar-refractivity contribution in [3.05, 3.63) is 46.7 Å². The lowest BCUT2D eigenvalue weighted by Crippen LogP contribution is -2.16. The second-order valence-corrected chi connectivity index (χ2v) is 4.95. The number of amides is 1. The summed E-state index contributed by atoms with van der Waals surface area (Å²) in [4.78, 5) is 28.1. The summed E-state index contributed by atoms with van der Waals surface area (Å²) in [5.41, 5.74) is 0.640. The Kier molecular flexibility index (Phi) is 5.59. The molecule has 24 heavy (non-hydrogen) atoms. The van der Waals surface area contributed by atoms with Crippen molar-refractivity contribution < 1.29 is 23.8 Å². The molecule has 1 amide bonds. The first kappa shape index (κ1) is 17.6. The molecule has 0 radical (unpaired) electrons. The third kappa shape index (κ3) is 3.75. The van der Waals surface area contributed by atoms with Crippen LogP contribution in [0.1, 0.15) is 20.7 Å². The van der Waals surface area contributed by atoms with Crippen LogP contribution in [0.15, 0.2) is 30.5 Å². The van der Waals surface area contributed by atoms with Gasteiger partial charge in [0, 0.05) is 23.9 Å². The summed E-state index contributed by atoms with van der Waals surface area (Å²) in [6.07, 6.45) is 1.41. The Morgan fingerprint density at radius 1 is 1.08 bits per heavy atom. The number of hydrogen-bond donors (Lipinski definition) is 1. The number of esters is 1. The lowest BCUT2D eigenvalue weighted by atomic mass is 10.1. The number of nitrogens with zero attached hydrogens (tertiary/aromatic N) is 1. The first-order valence-electron chi connectivity index (χ1n) is 6.77. The molecule has 0 aliphatic rings. The topological polar surface area (TPSA) is 86.8 Å². The minimum Gasteiger partial charge on any atom is -0.493 e. The number of methoxy groups -OCH3 is 3. The summed E-state index contributed by atoms with van der Waals surface area (Å²) in [5.74, 6) is -0.397. The molecule has 7 nitrogen and oxygen atoms in total. The highest BCUT2D eigenvalue weighted by molar-refractivity contribution is 6.29. The van der Waals surface area contributed by atoms with E-state index >= 15 is 0 Å². The number of rotatable bonds is 5. The fourth-order valence-electron chi connectivity index (χ4n) is 2.00. The molecule has 1 N–H and O–H groups in total. The zero-order valence-electron chi connectivity index (χ0n) is 13.3. The molecule has 0 saturated carbocycles. The minimum atomic E-state index is -0.626. The summed E-state index contributed by atoms with van der Waals surface area (Å²) in [7, 11) is 4.13. The maximum absolute atomic E-state index is 12.4. The average Bonchev–Trinajstić information content (AvgIpc) is 2.60. The number of ether oxygens (including phenoxy) is 3. The van der Waals surface area contributed by atoms with Crippen molar-refractivity contribution in [2.75, 3.05) is 26.6 Å².